The molecule has 0 radical (unpaired) electrons. The minimum atomic E-state index is -0.718. The fourth-order valence-electron chi connectivity index (χ4n) is 4.28. The topological polar surface area (TPSA) is 37.3 Å². The molecular formula is C25H42O2. The first-order chi connectivity index (χ1) is 13.0. The summed E-state index contributed by atoms with van der Waals surface area (Å²) in [6, 6.07) is 4.35. The van der Waals surface area contributed by atoms with Crippen molar-refractivity contribution in [2.24, 2.45) is 0 Å². The van der Waals surface area contributed by atoms with E-state index in [-0.39, 0.29) is 0 Å². The molecule has 1 aromatic carbocycles. The monoisotopic (exact) mass is 374 g/mol. The Morgan fingerprint density at radius 2 is 1.30 bits per heavy atom. The first kappa shape index (κ1) is 23.7. The van der Waals surface area contributed by atoms with Crippen LogP contribution < -0.4 is 0 Å². The van der Waals surface area contributed by atoms with Gasteiger partial charge < -0.3 is 5.11 Å². The van der Waals surface area contributed by atoms with Gasteiger partial charge in [0.05, 0.1) is 5.41 Å². The van der Waals surface area contributed by atoms with Gasteiger partial charge in [0.2, 0.25) is 0 Å². The summed E-state index contributed by atoms with van der Waals surface area (Å²) in [5, 5.41) is 10.4. The molecule has 1 N–H and O–H groups in total. The van der Waals surface area contributed by atoms with Crippen LogP contribution in [0, 0.1) is 6.92 Å². The molecule has 0 saturated heterocycles. The number of benzene rings is 1. The van der Waals surface area contributed by atoms with Crippen LogP contribution in [-0.4, -0.2) is 11.1 Å². The van der Waals surface area contributed by atoms with Crippen molar-refractivity contribution >= 4 is 5.97 Å². The van der Waals surface area contributed by atoms with E-state index in [4.69, 9.17) is 0 Å². The predicted molar refractivity (Wildman–Crippen MR) is 117 cm³/mol. The van der Waals surface area contributed by atoms with Crippen molar-refractivity contribution in [1.29, 1.82) is 0 Å². The molecule has 1 rings (SSSR count). The quantitative estimate of drug-likeness (QED) is 0.369. The van der Waals surface area contributed by atoms with E-state index >= 15 is 0 Å². The number of carbonyl (C=O) groups is 1. The normalized spacial score (nSPS) is 11.7. The maximum Gasteiger partial charge on any atom is 0.314 e. The van der Waals surface area contributed by atoms with E-state index in [1.807, 2.05) is 0 Å². The van der Waals surface area contributed by atoms with Crippen LogP contribution in [0.25, 0.3) is 0 Å². The van der Waals surface area contributed by atoms with E-state index < -0.39 is 11.4 Å². The Hall–Kier alpha value is -1.31. The Labute approximate surface area is 167 Å². The summed E-state index contributed by atoms with van der Waals surface area (Å²) in [6.07, 6.45) is 12.3. The van der Waals surface area contributed by atoms with E-state index in [0.29, 0.717) is 0 Å². The molecule has 0 aliphatic carbocycles. The van der Waals surface area contributed by atoms with Gasteiger partial charge in [0.25, 0.3) is 0 Å². The standard InChI is InChI=1S/C25H42O2/c1-6-10-14-21-20(5)16-17-23(22(21)15-11-7-2)25(24(26)27,18-12-8-3)19-13-9-4/h16-17H,6-15,18-19H2,1-5H3,(H,26,27). The highest BCUT2D eigenvalue weighted by Crippen LogP contribution is 2.40. The number of carboxylic acids is 1. The fraction of sp³-hybridized carbons (Fsp3) is 0.720. The SMILES string of the molecule is CCCCc1c(C)ccc(C(CCCC)(CCCC)C(=O)O)c1CCCC. The smallest absolute Gasteiger partial charge is 0.314 e. The lowest BCUT2D eigenvalue weighted by Gasteiger charge is -2.34. The molecule has 154 valence electrons. The fourth-order valence-corrected chi connectivity index (χ4v) is 4.28. The third-order valence-electron chi connectivity index (χ3n) is 6.07. The van der Waals surface area contributed by atoms with Crippen LogP contribution in [0.5, 0.6) is 0 Å². The zero-order valence-corrected chi connectivity index (χ0v) is 18.5. The number of aliphatic carboxylic acids is 1. The van der Waals surface area contributed by atoms with E-state index in [9.17, 15) is 9.90 Å². The summed E-state index contributed by atoms with van der Waals surface area (Å²) < 4.78 is 0. The van der Waals surface area contributed by atoms with Crippen molar-refractivity contribution in [1.82, 2.24) is 0 Å². The van der Waals surface area contributed by atoms with Gasteiger partial charge in [-0.3, -0.25) is 4.79 Å². The Morgan fingerprint density at radius 3 is 1.74 bits per heavy atom. The second-order valence-electron chi connectivity index (χ2n) is 8.19. The average Bonchev–Trinajstić information content (AvgIpc) is 2.66. The lowest BCUT2D eigenvalue weighted by atomic mass is 9.69. The molecule has 0 amide bonds. The molecular weight excluding hydrogens is 332 g/mol. The van der Waals surface area contributed by atoms with Gasteiger partial charge in [-0.15, -0.1) is 0 Å². The Balaban J connectivity index is 3.58. The van der Waals surface area contributed by atoms with Crippen LogP contribution >= 0.6 is 0 Å². The van der Waals surface area contributed by atoms with Gasteiger partial charge in [-0.05, 0) is 67.7 Å². The summed E-state index contributed by atoms with van der Waals surface area (Å²) in [7, 11) is 0. The van der Waals surface area contributed by atoms with Crippen LogP contribution in [-0.2, 0) is 23.1 Å². The molecule has 2 heteroatoms. The highest BCUT2D eigenvalue weighted by atomic mass is 16.4. The number of hydrogen-bond donors (Lipinski definition) is 1. The number of hydrogen-bond acceptors (Lipinski definition) is 1. The molecule has 0 aliphatic heterocycles. The van der Waals surface area contributed by atoms with Gasteiger partial charge in [0, 0.05) is 0 Å². The second kappa shape index (κ2) is 12.2. The molecule has 0 atom stereocenters. The van der Waals surface area contributed by atoms with Gasteiger partial charge in [-0.2, -0.15) is 0 Å². The molecule has 0 spiro atoms. The molecule has 0 unspecified atom stereocenters. The largest absolute Gasteiger partial charge is 0.481 e. The minimum absolute atomic E-state index is 0.618. The molecule has 0 heterocycles. The van der Waals surface area contributed by atoms with Crippen LogP contribution in [0.1, 0.15) is 114 Å². The Kier molecular flexibility index (Phi) is 10.7. The predicted octanol–water partition coefficient (Wildman–Crippen LogP) is 7.38. The second-order valence-corrected chi connectivity index (χ2v) is 8.19. The average molecular weight is 375 g/mol. The molecule has 0 aromatic heterocycles. The molecule has 0 fully saturated rings. The van der Waals surface area contributed by atoms with Crippen LogP contribution in [0.2, 0.25) is 0 Å². The minimum Gasteiger partial charge on any atom is -0.481 e. The van der Waals surface area contributed by atoms with Gasteiger partial charge in [0.15, 0.2) is 0 Å². The molecule has 2 nitrogen and oxygen atoms in total. The number of rotatable bonds is 14. The van der Waals surface area contributed by atoms with Crippen molar-refractivity contribution in [2.75, 3.05) is 0 Å². The van der Waals surface area contributed by atoms with E-state index in [0.717, 1.165) is 69.8 Å². The van der Waals surface area contributed by atoms with Crippen molar-refractivity contribution < 1.29 is 9.90 Å². The highest BCUT2D eigenvalue weighted by molar-refractivity contribution is 5.82. The van der Waals surface area contributed by atoms with Crippen LogP contribution in [0.3, 0.4) is 0 Å². The molecule has 1 aromatic rings. The van der Waals surface area contributed by atoms with Gasteiger partial charge in [-0.1, -0.05) is 78.4 Å². The molecule has 0 saturated carbocycles. The zero-order valence-electron chi connectivity index (χ0n) is 18.5. The lowest BCUT2D eigenvalue weighted by Crippen LogP contribution is -2.37. The van der Waals surface area contributed by atoms with Crippen molar-refractivity contribution in [2.45, 2.75) is 117 Å². The number of carboxylic acid groups (broad SMARTS) is 1. The summed E-state index contributed by atoms with van der Waals surface area (Å²) in [6.45, 7) is 11.0. The summed E-state index contributed by atoms with van der Waals surface area (Å²) in [4.78, 5) is 12.7. The van der Waals surface area contributed by atoms with E-state index in [2.05, 4.69) is 46.8 Å². The maximum atomic E-state index is 12.7. The summed E-state index contributed by atoms with van der Waals surface area (Å²) in [5.74, 6) is -0.618. The zero-order chi connectivity index (χ0) is 20.3. The van der Waals surface area contributed by atoms with Crippen LogP contribution in [0.4, 0.5) is 0 Å². The molecule has 0 bridgehead atoms. The maximum absolute atomic E-state index is 12.7. The van der Waals surface area contributed by atoms with Crippen molar-refractivity contribution in [3.05, 3.63) is 34.4 Å². The van der Waals surface area contributed by atoms with E-state index in [1.54, 1.807) is 0 Å². The molecule has 27 heavy (non-hydrogen) atoms. The van der Waals surface area contributed by atoms with Crippen molar-refractivity contribution in [3.8, 4) is 0 Å². The highest BCUT2D eigenvalue weighted by Gasteiger charge is 2.41. The molecule has 0 aliphatic rings. The summed E-state index contributed by atoms with van der Waals surface area (Å²) in [5.41, 5.74) is 4.54. The third kappa shape index (κ3) is 6.09. The van der Waals surface area contributed by atoms with E-state index in [1.165, 1.54) is 29.5 Å². The third-order valence-corrected chi connectivity index (χ3v) is 6.07. The van der Waals surface area contributed by atoms with Gasteiger partial charge in [-0.25, -0.2) is 0 Å². The number of unbranched alkanes of at least 4 members (excludes halogenated alkanes) is 4. The number of aryl methyl sites for hydroxylation is 1. The first-order valence-electron chi connectivity index (χ1n) is 11.3. The Morgan fingerprint density at radius 1 is 0.815 bits per heavy atom. The van der Waals surface area contributed by atoms with Gasteiger partial charge >= 0.3 is 5.97 Å². The van der Waals surface area contributed by atoms with Crippen LogP contribution in [0.15, 0.2) is 12.1 Å². The van der Waals surface area contributed by atoms with Crippen molar-refractivity contribution in [3.63, 3.8) is 0 Å². The van der Waals surface area contributed by atoms with Gasteiger partial charge in [0.1, 0.15) is 0 Å². The first-order valence-corrected chi connectivity index (χ1v) is 11.3. The lowest BCUT2D eigenvalue weighted by molar-refractivity contribution is -0.144. The summed E-state index contributed by atoms with van der Waals surface area (Å²) >= 11 is 0. The Bertz CT molecular complexity index is 566.